The number of benzene rings is 4. The average molecular weight is 620 g/mol. The van der Waals surface area contributed by atoms with Crippen molar-refractivity contribution in [1.82, 2.24) is 4.98 Å². The van der Waals surface area contributed by atoms with E-state index in [1.54, 1.807) is 80.7 Å². The third-order valence-electron chi connectivity index (χ3n) is 7.46. The van der Waals surface area contributed by atoms with Gasteiger partial charge in [0.15, 0.2) is 11.5 Å². The minimum Gasteiger partial charge on any atom is -0.493 e. The molecule has 1 aromatic heterocycles. The number of carbonyl (C=O) groups is 1. The molecule has 0 radical (unpaired) electrons. The predicted molar refractivity (Wildman–Crippen MR) is 168 cm³/mol. The summed E-state index contributed by atoms with van der Waals surface area (Å²) in [4.78, 5) is 20.0. The molecule has 0 unspecified atom stereocenters. The molecule has 0 bridgehead atoms. The first-order chi connectivity index (χ1) is 21.2. The Kier molecular flexibility index (Phi) is 8.13. The van der Waals surface area contributed by atoms with Gasteiger partial charge in [-0.2, -0.15) is 24.9 Å². The number of carbonyl (C=O) groups excluding carboxylic acids is 1. The molecule has 2 heterocycles. The Labute approximate surface area is 255 Å². The summed E-state index contributed by atoms with van der Waals surface area (Å²) in [6.45, 7) is 1.37. The molecule has 11 heteroatoms. The van der Waals surface area contributed by atoms with Crippen LogP contribution in [-0.4, -0.2) is 49.7 Å². The van der Waals surface area contributed by atoms with E-state index >= 15 is 0 Å². The molecule has 1 N–H and O–H groups in total. The first kappa shape index (κ1) is 29.4. The molecule has 0 saturated carbocycles. The third kappa shape index (κ3) is 5.92. The molecular formula is C33H28F3N3O4S. The maximum absolute atomic E-state index is 13.6. The van der Waals surface area contributed by atoms with E-state index in [1.165, 1.54) is 6.07 Å². The largest absolute Gasteiger partial charge is 0.493 e. The Morgan fingerprint density at radius 1 is 0.886 bits per heavy atom. The van der Waals surface area contributed by atoms with Crippen LogP contribution in [0.1, 0.15) is 15.9 Å². The van der Waals surface area contributed by atoms with E-state index in [4.69, 9.17) is 14.2 Å². The van der Waals surface area contributed by atoms with E-state index in [0.717, 1.165) is 34.4 Å². The van der Waals surface area contributed by atoms with Gasteiger partial charge in [-0.3, -0.25) is 9.78 Å². The first-order valence-corrected chi connectivity index (χ1v) is 15.0. The highest BCUT2D eigenvalue weighted by atomic mass is 32.2. The van der Waals surface area contributed by atoms with Crippen LogP contribution in [0.15, 0.2) is 79.0 Å². The van der Waals surface area contributed by atoms with Crippen LogP contribution >= 0.6 is 11.8 Å². The molecule has 1 fully saturated rings. The zero-order valence-electron chi connectivity index (χ0n) is 23.9. The maximum Gasteiger partial charge on any atom is 0.416 e. The summed E-state index contributed by atoms with van der Waals surface area (Å²) in [5, 5.41) is 4.86. The number of nitrogens with zero attached hydrogens (tertiary/aromatic N) is 2. The maximum atomic E-state index is 13.6. The summed E-state index contributed by atoms with van der Waals surface area (Å²) in [6, 6.07) is 19.4. The standard InChI is InChI=1S/C33H28F3N3O4S/c1-41-30-18-25-26(19-31(30)42-2)37-11-10-29(25)43-22-7-8-23-20(16-22)4-3-5-24(23)32(40)38-27-17-21(33(34,35)36)6-9-28(27)39-12-14-44-15-13-39/h3-11,16-19H,12-15H2,1-2H3,(H,38,40). The Morgan fingerprint density at radius 2 is 1.66 bits per heavy atom. The number of amides is 1. The highest BCUT2D eigenvalue weighted by Gasteiger charge is 2.32. The summed E-state index contributed by atoms with van der Waals surface area (Å²) in [7, 11) is 3.11. The summed E-state index contributed by atoms with van der Waals surface area (Å²) < 4.78 is 57.9. The van der Waals surface area contributed by atoms with Crippen LogP contribution in [0, 0.1) is 0 Å². The minimum atomic E-state index is -4.54. The van der Waals surface area contributed by atoms with E-state index in [-0.39, 0.29) is 5.69 Å². The predicted octanol–water partition coefficient (Wildman–Crippen LogP) is 8.02. The van der Waals surface area contributed by atoms with Crippen LogP contribution in [0.4, 0.5) is 24.5 Å². The van der Waals surface area contributed by atoms with E-state index in [2.05, 4.69) is 10.3 Å². The van der Waals surface area contributed by atoms with Crippen molar-refractivity contribution in [2.45, 2.75) is 6.18 Å². The van der Waals surface area contributed by atoms with Gasteiger partial charge in [0.1, 0.15) is 11.5 Å². The van der Waals surface area contributed by atoms with Gasteiger partial charge in [-0.15, -0.1) is 0 Å². The lowest BCUT2D eigenvalue weighted by Gasteiger charge is -2.30. The van der Waals surface area contributed by atoms with Gasteiger partial charge in [0.05, 0.1) is 36.7 Å². The minimum absolute atomic E-state index is 0.130. The second kappa shape index (κ2) is 12.2. The Bertz CT molecular complexity index is 1860. The number of methoxy groups -OCH3 is 2. The summed E-state index contributed by atoms with van der Waals surface area (Å²) in [5.41, 5.74) is 0.879. The first-order valence-electron chi connectivity index (χ1n) is 13.8. The van der Waals surface area contributed by atoms with Gasteiger partial charge < -0.3 is 24.4 Å². The number of hydrogen-bond donors (Lipinski definition) is 1. The molecule has 0 spiro atoms. The van der Waals surface area contributed by atoms with Crippen LogP contribution in [0.3, 0.4) is 0 Å². The molecule has 44 heavy (non-hydrogen) atoms. The number of nitrogens with one attached hydrogen (secondary N) is 1. The normalized spacial score (nSPS) is 13.6. The second-order valence-electron chi connectivity index (χ2n) is 10.1. The number of hydrogen-bond acceptors (Lipinski definition) is 7. The van der Waals surface area contributed by atoms with Gasteiger partial charge in [-0.25, -0.2) is 0 Å². The van der Waals surface area contributed by atoms with Crippen molar-refractivity contribution in [1.29, 1.82) is 0 Å². The van der Waals surface area contributed by atoms with Crippen molar-refractivity contribution in [3.8, 4) is 23.0 Å². The lowest BCUT2D eigenvalue weighted by atomic mass is 10.0. The fourth-order valence-electron chi connectivity index (χ4n) is 5.27. The fourth-order valence-corrected chi connectivity index (χ4v) is 6.17. The number of rotatable bonds is 7. The zero-order chi connectivity index (χ0) is 30.8. The molecule has 6 rings (SSSR count). The Morgan fingerprint density at radius 3 is 2.41 bits per heavy atom. The van der Waals surface area contributed by atoms with E-state index in [1.807, 2.05) is 11.0 Å². The fraction of sp³-hybridized carbons (Fsp3) is 0.212. The van der Waals surface area contributed by atoms with E-state index in [9.17, 15) is 18.0 Å². The summed E-state index contributed by atoms with van der Waals surface area (Å²) in [5.74, 6) is 3.39. The molecule has 4 aromatic carbocycles. The molecule has 0 atom stereocenters. The number of halogens is 3. The molecule has 5 aromatic rings. The zero-order valence-corrected chi connectivity index (χ0v) is 24.7. The number of alkyl halides is 3. The van der Waals surface area contributed by atoms with E-state index in [0.29, 0.717) is 58.2 Å². The highest BCUT2D eigenvalue weighted by molar-refractivity contribution is 7.99. The van der Waals surface area contributed by atoms with Crippen molar-refractivity contribution in [3.63, 3.8) is 0 Å². The second-order valence-corrected chi connectivity index (χ2v) is 11.3. The Hall–Kier alpha value is -4.64. The van der Waals surface area contributed by atoms with Gasteiger partial charge in [0.25, 0.3) is 5.91 Å². The quantitative estimate of drug-likeness (QED) is 0.198. The average Bonchev–Trinajstić information content (AvgIpc) is 3.03. The van der Waals surface area contributed by atoms with Gasteiger partial charge >= 0.3 is 6.18 Å². The van der Waals surface area contributed by atoms with Crippen molar-refractivity contribution in [2.75, 3.05) is 49.0 Å². The molecule has 1 amide bonds. The molecule has 1 saturated heterocycles. The SMILES string of the molecule is COc1cc2nccc(Oc3ccc4c(C(=O)Nc5cc(C(F)(F)F)ccc5N5CCSCC5)cccc4c3)c2cc1OC. The van der Waals surface area contributed by atoms with E-state index < -0.39 is 17.6 Å². The molecule has 1 aliphatic heterocycles. The van der Waals surface area contributed by atoms with Crippen LogP contribution in [0.25, 0.3) is 21.7 Å². The van der Waals surface area contributed by atoms with Crippen molar-refractivity contribution < 1.29 is 32.2 Å². The smallest absolute Gasteiger partial charge is 0.416 e. The van der Waals surface area contributed by atoms with Gasteiger partial charge in [0, 0.05) is 47.8 Å². The molecule has 226 valence electrons. The molecule has 7 nitrogen and oxygen atoms in total. The van der Waals surface area contributed by atoms with Crippen LogP contribution in [0.5, 0.6) is 23.0 Å². The van der Waals surface area contributed by atoms with Crippen molar-refractivity contribution in [2.24, 2.45) is 0 Å². The lowest BCUT2D eigenvalue weighted by Crippen LogP contribution is -2.33. The number of thioether (sulfide) groups is 1. The van der Waals surface area contributed by atoms with Gasteiger partial charge in [-0.05, 0) is 65.4 Å². The summed E-state index contributed by atoms with van der Waals surface area (Å²) >= 11 is 1.79. The van der Waals surface area contributed by atoms with Crippen LogP contribution in [0.2, 0.25) is 0 Å². The van der Waals surface area contributed by atoms with Crippen molar-refractivity contribution >= 4 is 50.7 Å². The third-order valence-corrected chi connectivity index (χ3v) is 8.40. The lowest BCUT2D eigenvalue weighted by molar-refractivity contribution is -0.137. The number of pyridine rings is 1. The Balaban J connectivity index is 1.31. The number of fused-ring (bicyclic) bond motifs is 2. The molecule has 0 aliphatic carbocycles. The van der Waals surface area contributed by atoms with Gasteiger partial charge in [-0.1, -0.05) is 12.1 Å². The number of aromatic nitrogens is 1. The number of anilines is 2. The highest BCUT2D eigenvalue weighted by Crippen LogP contribution is 2.39. The summed E-state index contributed by atoms with van der Waals surface area (Å²) in [6.07, 6.45) is -2.90. The van der Waals surface area contributed by atoms with Crippen LogP contribution < -0.4 is 24.4 Å². The monoisotopic (exact) mass is 619 g/mol. The van der Waals surface area contributed by atoms with Crippen molar-refractivity contribution in [3.05, 3.63) is 90.1 Å². The van der Waals surface area contributed by atoms with Gasteiger partial charge in [0.2, 0.25) is 0 Å². The topological polar surface area (TPSA) is 72.9 Å². The molecule has 1 aliphatic rings. The number of ether oxygens (including phenoxy) is 3. The van der Waals surface area contributed by atoms with Crippen LogP contribution in [-0.2, 0) is 6.18 Å². The molecular weight excluding hydrogens is 591 g/mol.